The van der Waals surface area contributed by atoms with Gasteiger partial charge in [-0.05, 0) is 37.6 Å². The minimum Gasteiger partial charge on any atom is -0.408 e. The van der Waals surface area contributed by atoms with Crippen LogP contribution in [0.3, 0.4) is 0 Å². The topological polar surface area (TPSA) is 51.2 Å². The Bertz CT molecular complexity index is 838. The zero-order valence-electron chi connectivity index (χ0n) is 12.5. The van der Waals surface area contributed by atoms with Gasteiger partial charge in [-0.15, -0.1) is 0 Å². The summed E-state index contributed by atoms with van der Waals surface area (Å²) < 4.78 is 5.40. The molecule has 4 heteroatoms. The van der Waals surface area contributed by atoms with Crippen LogP contribution >= 0.6 is 0 Å². The molecular weight excluding hydrogens is 276 g/mol. The zero-order valence-corrected chi connectivity index (χ0v) is 12.5. The third-order valence-corrected chi connectivity index (χ3v) is 3.42. The molecule has 0 unspecified atom stereocenters. The number of carbonyl (C=O) groups is 1. The van der Waals surface area contributed by atoms with Crippen molar-refractivity contribution in [1.82, 2.24) is 4.98 Å². The highest BCUT2D eigenvalue weighted by Gasteiger charge is 2.10. The standard InChI is InChI=1S/C18H16N2O2/c1-12-8-9-15(13(2)11-12)20-18(21)22-16-7-3-5-14-6-4-10-19-17(14)16/h3-11H,1-2H3,(H,20,21). The summed E-state index contributed by atoms with van der Waals surface area (Å²) in [6.07, 6.45) is 1.15. The van der Waals surface area contributed by atoms with E-state index in [0.717, 1.165) is 22.2 Å². The van der Waals surface area contributed by atoms with E-state index in [2.05, 4.69) is 10.3 Å². The van der Waals surface area contributed by atoms with Crippen molar-refractivity contribution in [2.45, 2.75) is 13.8 Å². The Morgan fingerprint density at radius 1 is 1.09 bits per heavy atom. The molecule has 0 radical (unpaired) electrons. The summed E-state index contributed by atoms with van der Waals surface area (Å²) in [7, 11) is 0. The molecule has 1 heterocycles. The number of aryl methyl sites for hydroxylation is 2. The van der Waals surface area contributed by atoms with Gasteiger partial charge in [-0.25, -0.2) is 4.79 Å². The molecule has 0 saturated carbocycles. The number of ether oxygens (including phenoxy) is 1. The first-order valence-electron chi connectivity index (χ1n) is 7.03. The van der Waals surface area contributed by atoms with E-state index in [-0.39, 0.29) is 0 Å². The maximum absolute atomic E-state index is 12.1. The lowest BCUT2D eigenvalue weighted by Crippen LogP contribution is -2.17. The molecule has 110 valence electrons. The summed E-state index contributed by atoms with van der Waals surface area (Å²) in [4.78, 5) is 16.4. The van der Waals surface area contributed by atoms with Gasteiger partial charge < -0.3 is 4.74 Å². The first-order chi connectivity index (χ1) is 10.6. The molecule has 1 amide bonds. The Morgan fingerprint density at radius 2 is 1.91 bits per heavy atom. The lowest BCUT2D eigenvalue weighted by Gasteiger charge is -2.10. The Balaban J connectivity index is 1.81. The van der Waals surface area contributed by atoms with Gasteiger partial charge in [0.25, 0.3) is 0 Å². The number of pyridine rings is 1. The first kappa shape index (κ1) is 14.1. The number of nitrogens with one attached hydrogen (secondary N) is 1. The van der Waals surface area contributed by atoms with Crippen molar-refractivity contribution in [3.63, 3.8) is 0 Å². The van der Waals surface area contributed by atoms with Gasteiger partial charge in [0.1, 0.15) is 5.52 Å². The van der Waals surface area contributed by atoms with Crippen LogP contribution in [0.25, 0.3) is 10.9 Å². The van der Waals surface area contributed by atoms with Crippen LogP contribution in [0.5, 0.6) is 5.75 Å². The second-order valence-corrected chi connectivity index (χ2v) is 5.16. The largest absolute Gasteiger partial charge is 0.417 e. The molecule has 0 fully saturated rings. The average molecular weight is 292 g/mol. The molecule has 0 saturated heterocycles. The monoisotopic (exact) mass is 292 g/mol. The third-order valence-electron chi connectivity index (χ3n) is 3.42. The Kier molecular flexibility index (Phi) is 3.74. The number of aromatic nitrogens is 1. The fourth-order valence-corrected chi connectivity index (χ4v) is 2.35. The van der Waals surface area contributed by atoms with Crippen LogP contribution in [-0.4, -0.2) is 11.1 Å². The predicted molar refractivity (Wildman–Crippen MR) is 87.3 cm³/mol. The number of nitrogens with zero attached hydrogens (tertiary/aromatic N) is 1. The number of carbonyl (C=O) groups excluding carboxylic acids is 1. The summed E-state index contributed by atoms with van der Waals surface area (Å²) in [5.41, 5.74) is 3.55. The second-order valence-electron chi connectivity index (χ2n) is 5.16. The van der Waals surface area contributed by atoms with Gasteiger partial charge in [-0.2, -0.15) is 0 Å². The van der Waals surface area contributed by atoms with Crippen LogP contribution in [0.4, 0.5) is 10.5 Å². The van der Waals surface area contributed by atoms with E-state index < -0.39 is 6.09 Å². The lowest BCUT2D eigenvalue weighted by molar-refractivity contribution is 0.215. The van der Waals surface area contributed by atoms with E-state index in [0.29, 0.717) is 11.3 Å². The molecule has 0 aliphatic heterocycles. The molecule has 0 atom stereocenters. The van der Waals surface area contributed by atoms with Crippen LogP contribution in [0, 0.1) is 13.8 Å². The smallest absolute Gasteiger partial charge is 0.408 e. The predicted octanol–water partition coefficient (Wildman–Crippen LogP) is 4.46. The van der Waals surface area contributed by atoms with E-state index in [1.807, 2.05) is 56.3 Å². The second kappa shape index (κ2) is 5.85. The minimum atomic E-state index is -0.523. The van der Waals surface area contributed by atoms with E-state index >= 15 is 0 Å². The molecule has 0 aliphatic carbocycles. The van der Waals surface area contributed by atoms with Crippen molar-refractivity contribution < 1.29 is 9.53 Å². The maximum atomic E-state index is 12.1. The van der Waals surface area contributed by atoms with E-state index in [9.17, 15) is 4.79 Å². The zero-order chi connectivity index (χ0) is 15.5. The van der Waals surface area contributed by atoms with Crippen molar-refractivity contribution in [1.29, 1.82) is 0 Å². The van der Waals surface area contributed by atoms with Crippen LogP contribution < -0.4 is 10.1 Å². The molecule has 3 aromatic rings. The molecule has 1 N–H and O–H groups in total. The lowest BCUT2D eigenvalue weighted by atomic mass is 10.1. The highest BCUT2D eigenvalue weighted by molar-refractivity contribution is 5.91. The van der Waals surface area contributed by atoms with E-state index in [1.165, 1.54) is 0 Å². The summed E-state index contributed by atoms with van der Waals surface area (Å²) in [6.45, 7) is 3.96. The normalized spacial score (nSPS) is 10.5. The Labute approximate surface area is 128 Å². The van der Waals surface area contributed by atoms with Crippen LogP contribution in [0.1, 0.15) is 11.1 Å². The van der Waals surface area contributed by atoms with E-state index in [4.69, 9.17) is 4.74 Å². The molecule has 22 heavy (non-hydrogen) atoms. The van der Waals surface area contributed by atoms with Crippen molar-refractivity contribution in [3.05, 3.63) is 65.9 Å². The highest BCUT2D eigenvalue weighted by atomic mass is 16.6. The molecule has 0 aliphatic rings. The van der Waals surface area contributed by atoms with Gasteiger partial charge >= 0.3 is 6.09 Å². The summed E-state index contributed by atoms with van der Waals surface area (Å²) in [5, 5.41) is 3.69. The SMILES string of the molecule is Cc1ccc(NC(=O)Oc2cccc3cccnc23)c(C)c1. The number of hydrogen-bond acceptors (Lipinski definition) is 3. The molecule has 0 bridgehead atoms. The fraction of sp³-hybridized carbons (Fsp3) is 0.111. The van der Waals surface area contributed by atoms with Crippen LogP contribution in [-0.2, 0) is 0 Å². The molecule has 4 nitrogen and oxygen atoms in total. The summed E-state index contributed by atoms with van der Waals surface area (Å²) in [5.74, 6) is 0.445. The van der Waals surface area contributed by atoms with Gasteiger partial charge in [0.2, 0.25) is 0 Å². The Hall–Kier alpha value is -2.88. The third kappa shape index (κ3) is 2.91. The minimum absolute atomic E-state index is 0.445. The number of benzene rings is 2. The van der Waals surface area contributed by atoms with Crippen molar-refractivity contribution in [2.75, 3.05) is 5.32 Å². The number of fused-ring (bicyclic) bond motifs is 1. The molecule has 0 spiro atoms. The van der Waals surface area contributed by atoms with E-state index in [1.54, 1.807) is 12.3 Å². The van der Waals surface area contributed by atoms with Gasteiger partial charge in [0.05, 0.1) is 0 Å². The average Bonchev–Trinajstić information content (AvgIpc) is 2.50. The molecule has 1 aromatic heterocycles. The first-order valence-corrected chi connectivity index (χ1v) is 7.03. The van der Waals surface area contributed by atoms with Gasteiger partial charge in [0.15, 0.2) is 5.75 Å². The number of rotatable bonds is 2. The van der Waals surface area contributed by atoms with Gasteiger partial charge in [-0.3, -0.25) is 10.3 Å². The number of amides is 1. The van der Waals surface area contributed by atoms with Crippen LogP contribution in [0.2, 0.25) is 0 Å². The van der Waals surface area contributed by atoms with Gasteiger partial charge in [-0.1, -0.05) is 35.9 Å². The van der Waals surface area contributed by atoms with Crippen LogP contribution in [0.15, 0.2) is 54.7 Å². The van der Waals surface area contributed by atoms with Crippen molar-refractivity contribution >= 4 is 22.7 Å². The fourth-order valence-electron chi connectivity index (χ4n) is 2.35. The number of hydrogen-bond donors (Lipinski definition) is 1. The maximum Gasteiger partial charge on any atom is 0.417 e. The summed E-state index contributed by atoms with van der Waals surface area (Å²) in [6, 6.07) is 15.1. The molecule has 2 aromatic carbocycles. The van der Waals surface area contributed by atoms with Crippen molar-refractivity contribution in [2.24, 2.45) is 0 Å². The van der Waals surface area contributed by atoms with Gasteiger partial charge in [0, 0.05) is 17.3 Å². The molecule has 3 rings (SSSR count). The quantitative estimate of drug-likeness (QED) is 0.758. The molecular formula is C18H16N2O2. The number of para-hydroxylation sites is 1. The van der Waals surface area contributed by atoms with Crippen molar-refractivity contribution in [3.8, 4) is 5.75 Å². The summed E-state index contributed by atoms with van der Waals surface area (Å²) >= 11 is 0. The highest BCUT2D eigenvalue weighted by Crippen LogP contribution is 2.24. The number of anilines is 1. The Morgan fingerprint density at radius 3 is 2.73 bits per heavy atom.